The van der Waals surface area contributed by atoms with Gasteiger partial charge in [0.25, 0.3) is 22.9 Å². The van der Waals surface area contributed by atoms with Crippen molar-refractivity contribution >= 4 is 57.4 Å². The van der Waals surface area contributed by atoms with E-state index < -0.39 is 5.60 Å². The first-order valence-electron chi connectivity index (χ1n) is 24.2. The summed E-state index contributed by atoms with van der Waals surface area (Å²) in [5, 5.41) is 7.07. The quantitative estimate of drug-likeness (QED) is 0.113. The number of aldehydes is 1. The van der Waals surface area contributed by atoms with E-state index in [9.17, 15) is 28.8 Å². The summed E-state index contributed by atoms with van der Waals surface area (Å²) in [5.74, 6) is 0.743. The summed E-state index contributed by atoms with van der Waals surface area (Å²) in [5.41, 5.74) is 5.00. The number of anilines is 2. The predicted octanol–water partition coefficient (Wildman–Crippen LogP) is 9.00. The molecule has 0 aliphatic carbocycles. The molecule has 0 unspecified atom stereocenters. The fourth-order valence-electron chi connectivity index (χ4n) is 9.03. The van der Waals surface area contributed by atoms with Gasteiger partial charge < -0.3 is 48.6 Å². The first-order chi connectivity index (χ1) is 34.6. The van der Waals surface area contributed by atoms with Gasteiger partial charge in [-0.2, -0.15) is 0 Å². The van der Waals surface area contributed by atoms with E-state index in [2.05, 4.69) is 15.5 Å². The molecule has 1 fully saturated rings. The molecule has 1 saturated heterocycles. The van der Waals surface area contributed by atoms with Crippen molar-refractivity contribution in [2.24, 2.45) is 0 Å². The maximum absolute atomic E-state index is 13.5. The summed E-state index contributed by atoms with van der Waals surface area (Å²) in [4.78, 5) is 80.2. The van der Waals surface area contributed by atoms with Crippen LogP contribution in [0.1, 0.15) is 71.0 Å². The maximum Gasteiger partial charge on any atom is 0.410 e. The molecule has 7 aromatic rings. The molecule has 2 aliphatic heterocycles. The molecule has 0 saturated carbocycles. The second-order valence-electron chi connectivity index (χ2n) is 19.1. The number of para-hydroxylation sites is 2. The van der Waals surface area contributed by atoms with Gasteiger partial charge in [-0.05, 0) is 113 Å². The molecule has 0 bridgehead atoms. The number of carbonyl (C=O) groups excluding carboxylic acids is 4. The topological polar surface area (TPSA) is 171 Å². The van der Waals surface area contributed by atoms with Crippen molar-refractivity contribution in [3.05, 3.63) is 176 Å². The van der Waals surface area contributed by atoms with E-state index >= 15 is 0 Å². The first-order valence-corrected chi connectivity index (χ1v) is 24.2. The lowest BCUT2D eigenvalue weighted by molar-refractivity contribution is -0.108. The van der Waals surface area contributed by atoms with Gasteiger partial charge in [0.2, 0.25) is 0 Å². The third kappa shape index (κ3) is 12.3. The zero-order valence-electron chi connectivity index (χ0n) is 41.3. The van der Waals surface area contributed by atoms with Gasteiger partial charge in [0.15, 0.2) is 11.5 Å². The number of rotatable bonds is 12. The highest BCUT2D eigenvalue weighted by atomic mass is 16.6. The summed E-state index contributed by atoms with van der Waals surface area (Å²) < 4.78 is 20.4. The van der Waals surface area contributed by atoms with E-state index in [1.165, 1.54) is 16.7 Å². The lowest BCUT2D eigenvalue weighted by Gasteiger charge is -2.39. The number of fused-ring (bicyclic) bond motifs is 3. The molecule has 15 heteroatoms. The maximum atomic E-state index is 13.5. The summed E-state index contributed by atoms with van der Waals surface area (Å²) in [6, 6.07) is 38.1. The lowest BCUT2D eigenvalue weighted by atomic mass is 10.0. The third-order valence-electron chi connectivity index (χ3n) is 12.6. The van der Waals surface area contributed by atoms with Crippen molar-refractivity contribution in [2.45, 2.75) is 78.7 Å². The van der Waals surface area contributed by atoms with Gasteiger partial charge in [-0.15, -0.1) is 0 Å². The molecule has 15 nitrogen and oxygen atoms in total. The number of benzene rings is 5. The summed E-state index contributed by atoms with van der Waals surface area (Å²) >= 11 is 0. The van der Waals surface area contributed by atoms with Crippen LogP contribution in [0.2, 0.25) is 0 Å². The second kappa shape index (κ2) is 22.4. The average Bonchev–Trinajstić information content (AvgIpc) is 3.36. The van der Waals surface area contributed by atoms with Crippen LogP contribution in [-0.2, 0) is 29.2 Å². The number of piperidine rings is 1. The zero-order chi connectivity index (χ0) is 50.9. The number of aryl methyl sites for hydroxylation is 2. The molecule has 2 N–H and O–H groups in total. The van der Waals surface area contributed by atoms with Gasteiger partial charge >= 0.3 is 6.09 Å². The van der Waals surface area contributed by atoms with Crippen LogP contribution in [0.3, 0.4) is 0 Å². The molecule has 9 rings (SSSR count). The van der Waals surface area contributed by atoms with E-state index in [-0.39, 0.29) is 41.6 Å². The Morgan fingerprint density at radius 1 is 0.667 bits per heavy atom. The van der Waals surface area contributed by atoms with Crippen LogP contribution in [0.25, 0.3) is 21.8 Å². The van der Waals surface area contributed by atoms with Crippen LogP contribution in [0.5, 0.6) is 11.5 Å². The van der Waals surface area contributed by atoms with Crippen molar-refractivity contribution < 1.29 is 33.4 Å². The van der Waals surface area contributed by atoms with Crippen LogP contribution in [-0.4, -0.2) is 87.6 Å². The normalized spacial score (nSPS) is 13.7. The predicted molar refractivity (Wildman–Crippen MR) is 279 cm³/mol. The van der Waals surface area contributed by atoms with Crippen LogP contribution in [0, 0.1) is 13.8 Å². The molecule has 3 amide bonds. The number of carbonyl (C=O) groups is 4. The monoisotopic (exact) mass is 972 g/mol. The Morgan fingerprint density at radius 2 is 1.19 bits per heavy atom. The number of likely N-dealkylation sites (tertiary alicyclic amines) is 1. The summed E-state index contributed by atoms with van der Waals surface area (Å²) in [7, 11) is 0. The Balaban J connectivity index is 0.000000241. The van der Waals surface area contributed by atoms with Gasteiger partial charge in [-0.25, -0.2) is 4.79 Å². The van der Waals surface area contributed by atoms with E-state index in [0.29, 0.717) is 84.0 Å². The smallest absolute Gasteiger partial charge is 0.410 e. The number of hydrogen-bond acceptors (Lipinski definition) is 10. The van der Waals surface area contributed by atoms with Crippen molar-refractivity contribution in [3.63, 3.8) is 0 Å². The SMILES string of the molecule is Cc1ccc2c(C(=O)Nc3ccccc3)cc(=O)n(CC=O)c2c1.Cc1ccc2c(C(=O)Nc3ccccc3)cc(=O)n(CCN3CCC(N(Cc4ccc5c(c4)OCCO5)C(=O)OC(C)(C)C)CC3)c2c1. The van der Waals surface area contributed by atoms with E-state index in [1.54, 1.807) is 28.8 Å². The summed E-state index contributed by atoms with van der Waals surface area (Å²) in [6.45, 7) is 13.6. The van der Waals surface area contributed by atoms with Gasteiger partial charge in [-0.1, -0.05) is 66.7 Å². The fourth-order valence-corrected chi connectivity index (χ4v) is 9.03. The van der Waals surface area contributed by atoms with E-state index in [1.807, 2.05) is 131 Å². The molecule has 2 aliphatic rings. The number of pyridine rings is 2. The minimum absolute atomic E-state index is 0.00193. The highest BCUT2D eigenvalue weighted by Gasteiger charge is 2.32. The average molecular weight is 973 g/mol. The van der Waals surface area contributed by atoms with Gasteiger partial charge in [0.05, 0.1) is 28.7 Å². The number of nitrogens with one attached hydrogen (secondary N) is 2. The standard InChI is InChI=1S/C38H44N4O6.C19H16N2O3/c1-26-10-12-30-31(36(44)39-28-8-6-5-7-9-28)24-35(43)41(32(30)22-26)19-18-40-16-14-29(15-17-40)42(37(45)48-38(2,3)4)25-27-11-13-33-34(23-27)47-21-20-46-33;1-13-7-8-15-16(19(24)20-14-5-3-2-4-6-14)12-18(23)21(9-10-22)17(15)11-13/h5-13,22-24,29H,14-21,25H2,1-4H3,(H,39,44);2-8,10-12H,9H2,1H3,(H,20,24). The first kappa shape index (κ1) is 50.4. The molecule has 0 radical (unpaired) electrons. The molecule has 5 aromatic carbocycles. The molecule has 2 aromatic heterocycles. The number of hydrogen-bond donors (Lipinski definition) is 2. The third-order valence-corrected chi connectivity index (χ3v) is 12.6. The van der Waals surface area contributed by atoms with Gasteiger partial charge in [-0.3, -0.25) is 19.2 Å². The Bertz CT molecular complexity index is 3230. The van der Waals surface area contributed by atoms with Gasteiger partial charge in [0, 0.05) is 73.0 Å². The Morgan fingerprint density at radius 3 is 1.74 bits per heavy atom. The van der Waals surface area contributed by atoms with Crippen LogP contribution in [0.15, 0.2) is 137 Å². The molecular weight excluding hydrogens is 913 g/mol. The number of nitrogens with zero attached hydrogens (tertiary/aromatic N) is 4. The minimum Gasteiger partial charge on any atom is -0.486 e. The lowest BCUT2D eigenvalue weighted by Crippen LogP contribution is -2.49. The molecule has 372 valence electrons. The van der Waals surface area contributed by atoms with Crippen LogP contribution >= 0.6 is 0 Å². The number of amides is 3. The van der Waals surface area contributed by atoms with Crippen molar-refractivity contribution in [1.29, 1.82) is 0 Å². The highest BCUT2D eigenvalue weighted by molar-refractivity contribution is 6.13. The Hall–Kier alpha value is -8.04. The molecular formula is C57H60N6O9. The van der Waals surface area contributed by atoms with Crippen LogP contribution < -0.4 is 31.2 Å². The zero-order valence-corrected chi connectivity index (χ0v) is 41.3. The van der Waals surface area contributed by atoms with E-state index in [0.717, 1.165) is 53.5 Å². The van der Waals surface area contributed by atoms with Crippen molar-refractivity contribution in [3.8, 4) is 11.5 Å². The largest absolute Gasteiger partial charge is 0.486 e. The second-order valence-corrected chi connectivity index (χ2v) is 19.1. The number of aromatic nitrogens is 2. The molecule has 4 heterocycles. The molecule has 0 atom stereocenters. The molecule has 72 heavy (non-hydrogen) atoms. The Labute approximate surface area is 417 Å². The van der Waals surface area contributed by atoms with Gasteiger partial charge in [0.1, 0.15) is 25.1 Å². The van der Waals surface area contributed by atoms with Crippen molar-refractivity contribution in [2.75, 3.05) is 43.5 Å². The fraction of sp³-hybridized carbons (Fsp3) is 0.298. The summed E-state index contributed by atoms with van der Waals surface area (Å²) in [6.07, 6.45) is 1.89. The Kier molecular flexibility index (Phi) is 15.6. The van der Waals surface area contributed by atoms with Crippen LogP contribution in [0.4, 0.5) is 16.2 Å². The minimum atomic E-state index is -0.616. The number of ether oxygens (including phenoxy) is 3. The van der Waals surface area contributed by atoms with E-state index in [4.69, 9.17) is 14.2 Å². The molecule has 0 spiro atoms. The van der Waals surface area contributed by atoms with Crippen molar-refractivity contribution in [1.82, 2.24) is 18.9 Å². The highest BCUT2D eigenvalue weighted by Crippen LogP contribution is 2.32.